The van der Waals surface area contributed by atoms with E-state index in [2.05, 4.69) is 20.3 Å². The van der Waals surface area contributed by atoms with Gasteiger partial charge in [0.25, 0.3) is 5.91 Å². The van der Waals surface area contributed by atoms with E-state index in [0.29, 0.717) is 27.5 Å². The van der Waals surface area contributed by atoms with Gasteiger partial charge in [-0.25, -0.2) is 14.4 Å². The fraction of sp³-hybridized carbons (Fsp3) is 0. The Morgan fingerprint density at radius 1 is 0.914 bits per heavy atom. The summed E-state index contributed by atoms with van der Waals surface area (Å²) >= 11 is 6.50. The number of carbonyl (C=O) groups is 1. The molecule has 3 aromatic carbocycles. The van der Waals surface area contributed by atoms with Crippen molar-refractivity contribution >= 4 is 34.2 Å². The number of fused-ring (bicyclic) bond motifs is 1. The zero-order valence-electron chi connectivity index (χ0n) is 18.0. The molecule has 0 aliphatic rings. The van der Waals surface area contributed by atoms with Crippen LogP contribution in [0.4, 0.5) is 10.2 Å². The first-order valence-corrected chi connectivity index (χ1v) is 10.9. The zero-order chi connectivity index (χ0) is 24.4. The Balaban J connectivity index is 1.67. The van der Waals surface area contributed by atoms with Crippen molar-refractivity contribution in [3.8, 4) is 28.6 Å². The first-order chi connectivity index (χ1) is 17.0. The van der Waals surface area contributed by atoms with Gasteiger partial charge >= 0.3 is 0 Å². The zero-order valence-corrected chi connectivity index (χ0v) is 18.8. The summed E-state index contributed by atoms with van der Waals surface area (Å²) in [4.78, 5) is 26.3. The second kappa shape index (κ2) is 9.29. The molecule has 8 heteroatoms. The molecule has 0 bridgehead atoms. The van der Waals surface area contributed by atoms with Gasteiger partial charge in [0.15, 0.2) is 11.5 Å². The van der Waals surface area contributed by atoms with Crippen LogP contribution in [0.25, 0.3) is 33.4 Å². The van der Waals surface area contributed by atoms with E-state index in [4.69, 9.17) is 11.6 Å². The number of nitrogens with zero attached hydrogens (tertiary/aromatic N) is 4. The molecule has 1 N–H and O–H groups in total. The number of nitriles is 1. The fourth-order valence-corrected chi connectivity index (χ4v) is 3.94. The maximum absolute atomic E-state index is 13.3. The van der Waals surface area contributed by atoms with Crippen LogP contribution in [0.15, 0.2) is 85.1 Å². The summed E-state index contributed by atoms with van der Waals surface area (Å²) in [6.45, 7) is 0. The summed E-state index contributed by atoms with van der Waals surface area (Å²) in [5, 5.41) is 13.7. The number of hydrogen-bond donors (Lipinski definition) is 1. The molecule has 1 amide bonds. The van der Waals surface area contributed by atoms with Gasteiger partial charge in [0.1, 0.15) is 11.9 Å². The summed E-state index contributed by atoms with van der Waals surface area (Å²) in [6.07, 6.45) is 1.66. The van der Waals surface area contributed by atoms with Gasteiger partial charge in [0.2, 0.25) is 0 Å². The van der Waals surface area contributed by atoms with Crippen molar-refractivity contribution < 1.29 is 9.18 Å². The van der Waals surface area contributed by atoms with Crippen LogP contribution >= 0.6 is 11.6 Å². The topological polar surface area (TPSA) is 91.6 Å². The molecule has 5 rings (SSSR count). The first-order valence-electron chi connectivity index (χ1n) is 10.5. The highest BCUT2D eigenvalue weighted by Crippen LogP contribution is 2.35. The Morgan fingerprint density at radius 2 is 1.66 bits per heavy atom. The van der Waals surface area contributed by atoms with Gasteiger partial charge < -0.3 is 5.32 Å². The van der Waals surface area contributed by atoms with E-state index in [1.165, 1.54) is 24.3 Å². The van der Waals surface area contributed by atoms with E-state index < -0.39 is 11.7 Å². The van der Waals surface area contributed by atoms with Gasteiger partial charge in [0, 0.05) is 28.3 Å². The number of aromatic nitrogens is 3. The molecule has 0 aliphatic heterocycles. The first kappa shape index (κ1) is 22.1. The molecule has 0 atom stereocenters. The fourth-order valence-electron chi connectivity index (χ4n) is 3.66. The third-order valence-electron chi connectivity index (χ3n) is 5.32. The molecular weight excluding hydrogens is 465 g/mol. The average molecular weight is 480 g/mol. The molecule has 0 unspecified atom stereocenters. The van der Waals surface area contributed by atoms with E-state index in [0.717, 1.165) is 10.9 Å². The molecule has 6 nitrogen and oxygen atoms in total. The van der Waals surface area contributed by atoms with Gasteiger partial charge in [0.05, 0.1) is 21.9 Å². The summed E-state index contributed by atoms with van der Waals surface area (Å²) < 4.78 is 13.3. The van der Waals surface area contributed by atoms with E-state index in [1.54, 1.807) is 18.3 Å². The minimum atomic E-state index is -0.539. The molecule has 0 saturated carbocycles. The lowest BCUT2D eigenvalue weighted by molar-refractivity contribution is 0.102. The maximum Gasteiger partial charge on any atom is 0.256 e. The van der Waals surface area contributed by atoms with Crippen LogP contribution < -0.4 is 5.32 Å². The molecule has 0 aliphatic carbocycles. The predicted octanol–water partition coefficient (Wildman–Crippen LogP) is 6.28. The lowest BCUT2D eigenvalue weighted by Gasteiger charge is -2.14. The number of carbonyl (C=O) groups excluding carboxylic acids is 1. The van der Waals surface area contributed by atoms with Crippen LogP contribution in [0, 0.1) is 17.1 Å². The van der Waals surface area contributed by atoms with Crippen LogP contribution in [0.5, 0.6) is 0 Å². The summed E-state index contributed by atoms with van der Waals surface area (Å²) in [7, 11) is 0. The number of anilines is 1. The maximum atomic E-state index is 13.3. The number of rotatable bonds is 4. The third kappa shape index (κ3) is 4.43. The monoisotopic (exact) mass is 479 g/mol. The lowest BCUT2D eigenvalue weighted by atomic mass is 10.0. The molecule has 5 aromatic rings. The van der Waals surface area contributed by atoms with Crippen LogP contribution in [-0.4, -0.2) is 20.9 Å². The molecule has 0 fully saturated rings. The van der Waals surface area contributed by atoms with Gasteiger partial charge in [-0.05, 0) is 42.5 Å². The second-order valence-corrected chi connectivity index (χ2v) is 8.00. The predicted molar refractivity (Wildman–Crippen MR) is 132 cm³/mol. The number of amides is 1. The number of benzene rings is 3. The van der Waals surface area contributed by atoms with Crippen LogP contribution in [0.1, 0.15) is 16.1 Å². The van der Waals surface area contributed by atoms with E-state index in [9.17, 15) is 14.4 Å². The highest BCUT2D eigenvalue weighted by atomic mass is 35.5. The number of hydrogen-bond acceptors (Lipinski definition) is 5. The second-order valence-electron chi connectivity index (χ2n) is 7.59. The smallest absolute Gasteiger partial charge is 0.256 e. The Morgan fingerprint density at radius 3 is 2.40 bits per heavy atom. The van der Waals surface area contributed by atoms with E-state index >= 15 is 0 Å². The largest absolute Gasteiger partial charge is 0.304 e. The molecule has 168 valence electrons. The molecule has 2 aromatic heterocycles. The Kier molecular flexibility index (Phi) is 5.88. The molecule has 0 radical (unpaired) electrons. The summed E-state index contributed by atoms with van der Waals surface area (Å²) in [6, 6.07) is 23.7. The molecule has 35 heavy (non-hydrogen) atoms. The highest BCUT2D eigenvalue weighted by molar-refractivity contribution is 6.35. The lowest BCUT2D eigenvalue weighted by Crippen LogP contribution is -2.15. The van der Waals surface area contributed by atoms with Crippen molar-refractivity contribution in [3.05, 3.63) is 107 Å². The highest BCUT2D eigenvalue weighted by Gasteiger charge is 2.20. The van der Waals surface area contributed by atoms with Crippen molar-refractivity contribution in [1.82, 2.24) is 15.0 Å². The quantitative estimate of drug-likeness (QED) is 0.327. The van der Waals surface area contributed by atoms with Crippen LogP contribution in [-0.2, 0) is 0 Å². The standard InChI is InChI=1S/C27H15ClFN5O/c28-21-14-19(13-18-7-4-12-31-23(18)21)25-24(16-5-2-1-3-6-16)33-26(22(15-30)32-25)34-27(35)17-8-10-20(29)11-9-17/h1-14H,(H,33,34,35). The van der Waals surface area contributed by atoms with Crippen molar-refractivity contribution in [2.45, 2.75) is 0 Å². The number of nitrogens with one attached hydrogen (secondary N) is 1. The van der Waals surface area contributed by atoms with Gasteiger partial charge in [-0.3, -0.25) is 9.78 Å². The van der Waals surface area contributed by atoms with Gasteiger partial charge in [-0.1, -0.05) is 48.0 Å². The van der Waals surface area contributed by atoms with Crippen molar-refractivity contribution in [2.75, 3.05) is 5.32 Å². The Hall–Kier alpha value is -4.67. The third-order valence-corrected chi connectivity index (χ3v) is 5.61. The number of halogens is 2. The normalized spacial score (nSPS) is 10.7. The van der Waals surface area contributed by atoms with E-state index in [1.807, 2.05) is 48.5 Å². The Labute approximate surface area is 204 Å². The summed E-state index contributed by atoms with van der Waals surface area (Å²) in [5.41, 5.74) is 3.07. The van der Waals surface area contributed by atoms with Crippen molar-refractivity contribution in [2.24, 2.45) is 0 Å². The number of pyridine rings is 1. The summed E-state index contributed by atoms with van der Waals surface area (Å²) in [5.74, 6) is -1.00. The molecule has 2 heterocycles. The average Bonchev–Trinajstić information content (AvgIpc) is 2.89. The minimum Gasteiger partial charge on any atom is -0.304 e. The van der Waals surface area contributed by atoms with Crippen LogP contribution in [0.3, 0.4) is 0 Å². The minimum absolute atomic E-state index is 0.00187. The van der Waals surface area contributed by atoms with Crippen LogP contribution in [0.2, 0.25) is 5.02 Å². The Bertz CT molecular complexity index is 1620. The van der Waals surface area contributed by atoms with Gasteiger partial charge in [-0.15, -0.1) is 0 Å². The van der Waals surface area contributed by atoms with E-state index in [-0.39, 0.29) is 17.1 Å². The molecule has 0 spiro atoms. The SMILES string of the molecule is N#Cc1nc(-c2cc(Cl)c3ncccc3c2)c(-c2ccccc2)nc1NC(=O)c1ccc(F)cc1. The van der Waals surface area contributed by atoms with Crippen molar-refractivity contribution in [3.63, 3.8) is 0 Å². The van der Waals surface area contributed by atoms with Gasteiger partial charge in [-0.2, -0.15) is 5.26 Å². The molecular formula is C27H15ClFN5O. The molecule has 0 saturated heterocycles. The van der Waals surface area contributed by atoms with Crippen molar-refractivity contribution in [1.29, 1.82) is 5.26 Å².